The average Bonchev–Trinajstić information content (AvgIpc) is 2.55. The van der Waals surface area contributed by atoms with Crippen LogP contribution in [0.2, 0.25) is 5.02 Å². The van der Waals surface area contributed by atoms with Crippen molar-refractivity contribution < 1.29 is 4.79 Å². The Morgan fingerprint density at radius 1 is 1.09 bits per heavy atom. The minimum atomic E-state index is -0.0485. The molecule has 0 bridgehead atoms. The Labute approximate surface area is 148 Å². The van der Waals surface area contributed by atoms with Crippen molar-refractivity contribution in [2.75, 3.05) is 6.54 Å². The van der Waals surface area contributed by atoms with Crippen LogP contribution in [-0.2, 0) is 11.2 Å². The smallest absolute Gasteiger partial charge is 0.220 e. The molecule has 0 saturated heterocycles. The van der Waals surface area contributed by atoms with Crippen LogP contribution in [0.25, 0.3) is 0 Å². The Hall–Kier alpha value is -1.55. The maximum absolute atomic E-state index is 12.0. The third-order valence-electron chi connectivity index (χ3n) is 3.50. The van der Waals surface area contributed by atoms with Gasteiger partial charge in [0.25, 0.3) is 0 Å². The van der Waals surface area contributed by atoms with Gasteiger partial charge in [-0.3, -0.25) is 4.79 Å². The number of halogens is 2. The number of rotatable bonds is 7. The van der Waals surface area contributed by atoms with Crippen LogP contribution in [0.5, 0.6) is 0 Å². The summed E-state index contributed by atoms with van der Waals surface area (Å²) in [6.07, 6.45) is 1.89. The number of benzene rings is 2. The van der Waals surface area contributed by atoms with E-state index in [0.29, 0.717) is 24.4 Å². The molecular weight excluding hydrogens is 331 g/mol. The molecule has 0 aliphatic heterocycles. The van der Waals surface area contributed by atoms with Crippen molar-refractivity contribution >= 4 is 29.9 Å². The van der Waals surface area contributed by atoms with Gasteiger partial charge in [0.15, 0.2) is 0 Å². The minimum Gasteiger partial charge on any atom is -0.349 e. The van der Waals surface area contributed by atoms with Gasteiger partial charge in [-0.1, -0.05) is 54.1 Å². The van der Waals surface area contributed by atoms with Crippen molar-refractivity contribution in [1.29, 1.82) is 0 Å². The van der Waals surface area contributed by atoms with Crippen LogP contribution in [0, 0.1) is 0 Å². The first kappa shape index (κ1) is 19.5. The molecule has 1 amide bonds. The fourth-order valence-electron chi connectivity index (χ4n) is 2.32. The highest BCUT2D eigenvalue weighted by molar-refractivity contribution is 6.30. The van der Waals surface area contributed by atoms with E-state index in [2.05, 4.69) is 5.32 Å². The van der Waals surface area contributed by atoms with E-state index in [9.17, 15) is 4.79 Å². The van der Waals surface area contributed by atoms with Crippen LogP contribution >= 0.6 is 24.0 Å². The van der Waals surface area contributed by atoms with Crippen LogP contribution in [-0.4, -0.2) is 12.5 Å². The molecule has 2 aromatic carbocycles. The van der Waals surface area contributed by atoms with Gasteiger partial charge >= 0.3 is 0 Å². The molecule has 5 heteroatoms. The van der Waals surface area contributed by atoms with Gasteiger partial charge in [-0.05, 0) is 42.6 Å². The second-order valence-corrected chi connectivity index (χ2v) is 5.69. The summed E-state index contributed by atoms with van der Waals surface area (Å²) in [6.45, 7) is 0.528. The fourth-order valence-corrected chi connectivity index (χ4v) is 2.45. The lowest BCUT2D eigenvalue weighted by Gasteiger charge is -2.19. The van der Waals surface area contributed by atoms with Gasteiger partial charge in [-0.25, -0.2) is 0 Å². The number of nitrogens with one attached hydrogen (secondary N) is 1. The molecule has 2 rings (SSSR count). The van der Waals surface area contributed by atoms with Gasteiger partial charge in [0, 0.05) is 11.4 Å². The van der Waals surface area contributed by atoms with Gasteiger partial charge in [0.2, 0.25) is 5.91 Å². The molecule has 3 N–H and O–H groups in total. The lowest BCUT2D eigenvalue weighted by molar-refractivity contribution is -0.121. The van der Waals surface area contributed by atoms with E-state index in [1.54, 1.807) is 0 Å². The molecule has 0 radical (unpaired) electrons. The summed E-state index contributed by atoms with van der Waals surface area (Å²) in [7, 11) is 0. The van der Waals surface area contributed by atoms with Crippen LogP contribution < -0.4 is 11.1 Å². The largest absolute Gasteiger partial charge is 0.349 e. The summed E-state index contributed by atoms with van der Waals surface area (Å²) >= 11 is 5.93. The van der Waals surface area contributed by atoms with Gasteiger partial charge in [0.1, 0.15) is 0 Å². The molecule has 0 aromatic heterocycles. The first-order valence-electron chi connectivity index (χ1n) is 7.48. The quantitative estimate of drug-likeness (QED) is 0.793. The number of hydrogen-bond acceptors (Lipinski definition) is 2. The summed E-state index contributed by atoms with van der Waals surface area (Å²) in [6, 6.07) is 17.7. The average molecular weight is 353 g/mol. The van der Waals surface area contributed by atoms with Gasteiger partial charge < -0.3 is 11.1 Å². The molecule has 1 unspecified atom stereocenters. The SMILES string of the molecule is Cl.NCCCC(=O)NC(Cc1ccc(Cl)cc1)c1ccccc1. The van der Waals surface area contributed by atoms with Crippen LogP contribution in [0.4, 0.5) is 0 Å². The number of carbonyl (C=O) groups excluding carboxylic acids is 1. The Kier molecular flexibility index (Phi) is 8.70. The monoisotopic (exact) mass is 352 g/mol. The molecule has 3 nitrogen and oxygen atoms in total. The zero-order chi connectivity index (χ0) is 15.8. The van der Waals surface area contributed by atoms with E-state index in [1.165, 1.54) is 0 Å². The zero-order valence-electron chi connectivity index (χ0n) is 12.9. The molecule has 0 heterocycles. The predicted octanol–water partition coefficient (Wildman–Crippen LogP) is 3.90. The molecule has 0 spiro atoms. The Bertz CT molecular complexity index is 588. The second kappa shape index (κ2) is 10.3. The Morgan fingerprint density at radius 3 is 2.35 bits per heavy atom. The highest BCUT2D eigenvalue weighted by atomic mass is 35.5. The van der Waals surface area contributed by atoms with E-state index in [0.717, 1.165) is 17.5 Å². The summed E-state index contributed by atoms with van der Waals surface area (Å²) in [5, 5.41) is 3.82. The highest BCUT2D eigenvalue weighted by Crippen LogP contribution is 2.20. The normalized spacial score (nSPS) is 11.4. The standard InChI is InChI=1S/C18H21ClN2O.ClH/c19-16-10-8-14(9-11-16)13-17(15-5-2-1-3-6-15)21-18(22)7-4-12-20;/h1-3,5-6,8-11,17H,4,7,12-13,20H2,(H,21,22);1H. The highest BCUT2D eigenvalue weighted by Gasteiger charge is 2.15. The van der Waals surface area contributed by atoms with E-state index in [1.807, 2.05) is 54.6 Å². The molecular formula is C18H22Cl2N2O. The Balaban J connectivity index is 0.00000264. The number of carbonyl (C=O) groups is 1. The van der Waals surface area contributed by atoms with Gasteiger partial charge in [-0.15, -0.1) is 12.4 Å². The number of nitrogens with two attached hydrogens (primary N) is 1. The number of hydrogen-bond donors (Lipinski definition) is 2. The van der Waals surface area contributed by atoms with Crippen molar-refractivity contribution in [3.63, 3.8) is 0 Å². The second-order valence-electron chi connectivity index (χ2n) is 5.25. The molecule has 0 fully saturated rings. The van der Waals surface area contributed by atoms with Crippen LogP contribution in [0.15, 0.2) is 54.6 Å². The summed E-state index contributed by atoms with van der Waals surface area (Å²) < 4.78 is 0. The molecule has 0 aliphatic carbocycles. The fraction of sp³-hybridized carbons (Fsp3) is 0.278. The van der Waals surface area contributed by atoms with E-state index in [4.69, 9.17) is 17.3 Å². The van der Waals surface area contributed by atoms with Gasteiger partial charge in [-0.2, -0.15) is 0 Å². The lowest BCUT2D eigenvalue weighted by atomic mass is 9.98. The number of amides is 1. The summed E-state index contributed by atoms with van der Waals surface area (Å²) in [5.41, 5.74) is 7.70. The third-order valence-corrected chi connectivity index (χ3v) is 3.75. The maximum Gasteiger partial charge on any atom is 0.220 e. The van der Waals surface area contributed by atoms with E-state index in [-0.39, 0.29) is 24.4 Å². The summed E-state index contributed by atoms with van der Waals surface area (Å²) in [5.74, 6) is 0.0354. The van der Waals surface area contributed by atoms with Crippen molar-refractivity contribution in [3.8, 4) is 0 Å². The molecule has 2 aromatic rings. The van der Waals surface area contributed by atoms with Crippen molar-refractivity contribution in [3.05, 3.63) is 70.7 Å². The maximum atomic E-state index is 12.0. The predicted molar refractivity (Wildman–Crippen MR) is 98.0 cm³/mol. The zero-order valence-corrected chi connectivity index (χ0v) is 14.4. The van der Waals surface area contributed by atoms with E-state index >= 15 is 0 Å². The molecule has 124 valence electrons. The van der Waals surface area contributed by atoms with Crippen LogP contribution in [0.1, 0.15) is 30.0 Å². The molecule has 23 heavy (non-hydrogen) atoms. The Morgan fingerprint density at radius 2 is 1.74 bits per heavy atom. The minimum absolute atomic E-state index is 0. The van der Waals surface area contributed by atoms with Crippen LogP contribution in [0.3, 0.4) is 0 Å². The molecule has 0 saturated carbocycles. The topological polar surface area (TPSA) is 55.1 Å². The van der Waals surface area contributed by atoms with Gasteiger partial charge in [0.05, 0.1) is 6.04 Å². The van der Waals surface area contributed by atoms with Crippen molar-refractivity contribution in [2.45, 2.75) is 25.3 Å². The van der Waals surface area contributed by atoms with Crippen molar-refractivity contribution in [1.82, 2.24) is 5.32 Å². The summed E-state index contributed by atoms with van der Waals surface area (Å²) in [4.78, 5) is 12.0. The van der Waals surface area contributed by atoms with Crippen molar-refractivity contribution in [2.24, 2.45) is 5.73 Å². The van der Waals surface area contributed by atoms with E-state index < -0.39 is 0 Å². The third kappa shape index (κ3) is 6.61. The first-order valence-corrected chi connectivity index (χ1v) is 7.85. The molecule has 0 aliphatic rings. The first-order chi connectivity index (χ1) is 10.7. The molecule has 1 atom stereocenters. The lowest BCUT2D eigenvalue weighted by Crippen LogP contribution is -2.30.